The van der Waals surface area contributed by atoms with E-state index in [0.717, 1.165) is 34.6 Å². The van der Waals surface area contributed by atoms with Gasteiger partial charge in [-0.3, -0.25) is 14.4 Å². The topological polar surface area (TPSA) is 63.5 Å². The van der Waals surface area contributed by atoms with Gasteiger partial charge in [-0.1, -0.05) is 11.3 Å². The summed E-state index contributed by atoms with van der Waals surface area (Å²) in [6, 6.07) is 7.91. The van der Waals surface area contributed by atoms with Gasteiger partial charge in [0, 0.05) is 18.3 Å². The molecule has 170 valence electrons. The van der Waals surface area contributed by atoms with E-state index < -0.39 is 0 Å². The fraction of sp³-hybridized carbons (Fsp3) is 0.500. The van der Waals surface area contributed by atoms with Gasteiger partial charge < -0.3 is 9.64 Å². The second-order valence-electron chi connectivity index (χ2n) is 7.88. The van der Waals surface area contributed by atoms with Crippen molar-refractivity contribution in [3.8, 4) is 5.75 Å². The zero-order valence-electron chi connectivity index (χ0n) is 19.1. The number of carbonyl (C=O) groups is 1. The molecular formula is C22H32ClN5O2S. The maximum atomic E-state index is 13.4. The largest absolute Gasteiger partial charge is 0.494 e. The molecular weight excluding hydrogens is 434 g/mol. The lowest BCUT2D eigenvalue weighted by Gasteiger charge is -2.20. The Hall–Kier alpha value is -2.16. The lowest BCUT2D eigenvalue weighted by Crippen LogP contribution is -2.33. The third-order valence-corrected chi connectivity index (χ3v) is 5.79. The van der Waals surface area contributed by atoms with Crippen molar-refractivity contribution in [2.45, 2.75) is 40.2 Å². The summed E-state index contributed by atoms with van der Waals surface area (Å²) >= 11 is 1.51. The Morgan fingerprint density at radius 1 is 1.23 bits per heavy atom. The van der Waals surface area contributed by atoms with Crippen LogP contribution in [0.5, 0.6) is 5.75 Å². The van der Waals surface area contributed by atoms with Gasteiger partial charge in [0.05, 0.1) is 16.8 Å². The van der Waals surface area contributed by atoms with Crippen LogP contribution in [0.15, 0.2) is 24.3 Å². The molecule has 0 fully saturated rings. The van der Waals surface area contributed by atoms with Gasteiger partial charge in [0.1, 0.15) is 5.75 Å². The van der Waals surface area contributed by atoms with Crippen LogP contribution in [0, 0.1) is 6.92 Å². The number of thiazole rings is 1. The lowest BCUT2D eigenvalue weighted by molar-refractivity contribution is 0.0980. The van der Waals surface area contributed by atoms with Crippen LogP contribution in [-0.4, -0.2) is 59.4 Å². The van der Waals surface area contributed by atoms with Crippen LogP contribution in [0.4, 0.5) is 5.13 Å². The normalized spacial score (nSPS) is 11.2. The Labute approximate surface area is 194 Å². The summed E-state index contributed by atoms with van der Waals surface area (Å²) in [5, 5.41) is 5.26. The van der Waals surface area contributed by atoms with E-state index in [1.54, 1.807) is 4.90 Å². The number of halogens is 1. The van der Waals surface area contributed by atoms with Gasteiger partial charge in [-0.25, -0.2) is 4.98 Å². The summed E-state index contributed by atoms with van der Waals surface area (Å²) in [5.74, 6) is 0.706. The molecule has 0 atom stereocenters. The Kier molecular flexibility index (Phi) is 8.85. The highest BCUT2D eigenvalue weighted by molar-refractivity contribution is 7.22. The number of rotatable bonds is 9. The van der Waals surface area contributed by atoms with Crippen molar-refractivity contribution < 1.29 is 9.53 Å². The van der Waals surface area contributed by atoms with Crippen LogP contribution in [0.3, 0.4) is 0 Å². The molecule has 2 aromatic heterocycles. The molecule has 0 saturated heterocycles. The number of ether oxygens (including phenoxy) is 1. The third kappa shape index (κ3) is 5.96. The summed E-state index contributed by atoms with van der Waals surface area (Å²) in [7, 11) is 4.07. The molecule has 3 rings (SSSR count). The minimum absolute atomic E-state index is 0. The monoisotopic (exact) mass is 465 g/mol. The lowest BCUT2D eigenvalue weighted by atomic mass is 10.3. The van der Waals surface area contributed by atoms with Gasteiger partial charge in [-0.05, 0) is 79.0 Å². The van der Waals surface area contributed by atoms with E-state index in [1.165, 1.54) is 11.3 Å². The smallest absolute Gasteiger partial charge is 0.280 e. The van der Waals surface area contributed by atoms with Gasteiger partial charge in [0.25, 0.3) is 5.91 Å². The van der Waals surface area contributed by atoms with Crippen molar-refractivity contribution in [2.24, 2.45) is 0 Å². The Bertz CT molecular complexity index is 1010. The van der Waals surface area contributed by atoms with Crippen LogP contribution in [-0.2, 0) is 0 Å². The zero-order valence-corrected chi connectivity index (χ0v) is 20.7. The van der Waals surface area contributed by atoms with E-state index in [-0.39, 0.29) is 24.4 Å². The van der Waals surface area contributed by atoms with Crippen molar-refractivity contribution >= 4 is 45.0 Å². The Morgan fingerprint density at radius 3 is 2.58 bits per heavy atom. The number of amides is 1. The molecule has 0 spiro atoms. The van der Waals surface area contributed by atoms with Crippen LogP contribution in [0.1, 0.15) is 49.4 Å². The molecule has 0 aliphatic rings. The van der Waals surface area contributed by atoms with Crippen molar-refractivity contribution in [3.05, 3.63) is 35.7 Å². The van der Waals surface area contributed by atoms with E-state index in [4.69, 9.17) is 9.72 Å². The molecule has 3 aromatic rings. The van der Waals surface area contributed by atoms with E-state index in [0.29, 0.717) is 24.0 Å². The summed E-state index contributed by atoms with van der Waals surface area (Å²) in [6.07, 6.45) is 0.850. The van der Waals surface area contributed by atoms with Gasteiger partial charge >= 0.3 is 0 Å². The Balaban J connectivity index is 0.00000341. The highest BCUT2D eigenvalue weighted by Crippen LogP contribution is 2.32. The zero-order chi connectivity index (χ0) is 21.8. The molecule has 9 heteroatoms. The summed E-state index contributed by atoms with van der Waals surface area (Å²) < 4.78 is 8.50. The second kappa shape index (κ2) is 10.9. The molecule has 0 aliphatic heterocycles. The second-order valence-corrected chi connectivity index (χ2v) is 8.89. The summed E-state index contributed by atoms with van der Waals surface area (Å²) in [6.45, 7) is 10.2. The average molecular weight is 466 g/mol. The maximum absolute atomic E-state index is 13.4. The first-order valence-corrected chi connectivity index (χ1v) is 11.2. The first-order valence-electron chi connectivity index (χ1n) is 10.4. The number of fused-ring (bicyclic) bond motifs is 1. The fourth-order valence-corrected chi connectivity index (χ4v) is 4.37. The standard InChI is InChI=1S/C22H31N5O2S.ClH/c1-7-29-17-9-10-18-20(14-17)30-22(23-18)26(12-8-11-25(5)6)21(28)19-13-16(4)27(24-19)15(2)3;/h9-10,13-15H,7-8,11-12H2,1-6H3;1H. The van der Waals surface area contributed by atoms with Gasteiger partial charge in [-0.15, -0.1) is 12.4 Å². The molecule has 0 aliphatic carbocycles. The van der Waals surface area contributed by atoms with Crippen molar-refractivity contribution in [1.29, 1.82) is 0 Å². The number of hydrogen-bond donors (Lipinski definition) is 0. The van der Waals surface area contributed by atoms with Crippen LogP contribution >= 0.6 is 23.7 Å². The molecule has 0 unspecified atom stereocenters. The minimum Gasteiger partial charge on any atom is -0.494 e. The van der Waals surface area contributed by atoms with Crippen LogP contribution in [0.25, 0.3) is 10.2 Å². The first kappa shape index (κ1) is 25.1. The molecule has 31 heavy (non-hydrogen) atoms. The number of aromatic nitrogens is 3. The van der Waals surface area contributed by atoms with Crippen molar-refractivity contribution in [2.75, 3.05) is 38.7 Å². The van der Waals surface area contributed by atoms with Gasteiger partial charge in [0.15, 0.2) is 10.8 Å². The molecule has 0 saturated carbocycles. The maximum Gasteiger partial charge on any atom is 0.280 e. The molecule has 0 bridgehead atoms. The fourth-order valence-electron chi connectivity index (χ4n) is 3.35. The minimum atomic E-state index is -0.111. The molecule has 1 aromatic carbocycles. The SMILES string of the molecule is CCOc1ccc2nc(N(CCCN(C)C)C(=O)c3cc(C)n(C(C)C)n3)sc2c1.Cl. The third-order valence-electron chi connectivity index (χ3n) is 4.75. The number of nitrogens with zero attached hydrogens (tertiary/aromatic N) is 5. The average Bonchev–Trinajstić information content (AvgIpc) is 3.28. The summed E-state index contributed by atoms with van der Waals surface area (Å²) in [4.78, 5) is 22.1. The van der Waals surface area contributed by atoms with Crippen molar-refractivity contribution in [3.63, 3.8) is 0 Å². The van der Waals surface area contributed by atoms with Gasteiger partial charge in [0.2, 0.25) is 0 Å². The molecule has 0 radical (unpaired) electrons. The molecule has 2 heterocycles. The van der Waals surface area contributed by atoms with E-state index >= 15 is 0 Å². The highest BCUT2D eigenvalue weighted by atomic mass is 35.5. The number of anilines is 1. The summed E-state index contributed by atoms with van der Waals surface area (Å²) in [5.41, 5.74) is 2.31. The van der Waals surface area contributed by atoms with Crippen LogP contribution in [0.2, 0.25) is 0 Å². The van der Waals surface area contributed by atoms with E-state index in [1.807, 2.05) is 56.9 Å². The number of hydrogen-bond acceptors (Lipinski definition) is 6. The predicted octanol–water partition coefficient (Wildman–Crippen LogP) is 4.80. The number of benzene rings is 1. The predicted molar refractivity (Wildman–Crippen MR) is 130 cm³/mol. The highest BCUT2D eigenvalue weighted by Gasteiger charge is 2.24. The molecule has 1 amide bonds. The molecule has 7 nitrogen and oxygen atoms in total. The van der Waals surface area contributed by atoms with Gasteiger partial charge in [-0.2, -0.15) is 5.10 Å². The van der Waals surface area contributed by atoms with Crippen molar-refractivity contribution in [1.82, 2.24) is 19.7 Å². The first-order chi connectivity index (χ1) is 14.3. The van der Waals surface area contributed by atoms with E-state index in [9.17, 15) is 4.79 Å². The quantitative estimate of drug-likeness (QED) is 0.454. The number of aryl methyl sites for hydroxylation is 1. The molecule has 0 N–H and O–H groups in total. The van der Waals surface area contributed by atoms with Crippen LogP contribution < -0.4 is 9.64 Å². The number of carbonyl (C=O) groups excluding carboxylic acids is 1. The Morgan fingerprint density at radius 2 is 1.97 bits per heavy atom. The van der Waals surface area contributed by atoms with E-state index in [2.05, 4.69) is 23.8 Å².